The molecule has 1 aliphatic rings. The molecule has 0 radical (unpaired) electrons. The lowest BCUT2D eigenvalue weighted by Crippen LogP contribution is -2.38. The van der Waals surface area contributed by atoms with Gasteiger partial charge in [-0.1, -0.05) is 6.07 Å². The second kappa shape index (κ2) is 11.2. The van der Waals surface area contributed by atoms with Crippen LogP contribution in [-0.2, 0) is 9.59 Å². The minimum Gasteiger partial charge on any atom is -0.462 e. The number of fused-ring (bicyclic) bond motifs is 1. The van der Waals surface area contributed by atoms with Gasteiger partial charge in [-0.3, -0.25) is 19.8 Å². The Labute approximate surface area is 226 Å². The Bertz CT molecular complexity index is 1550. The summed E-state index contributed by atoms with van der Waals surface area (Å²) in [7, 11) is 0. The molecule has 0 saturated carbocycles. The summed E-state index contributed by atoms with van der Waals surface area (Å²) in [5.41, 5.74) is 27.4. The molecular weight excluding hydrogens is 524 g/mol. The minimum atomic E-state index is -1.09. The second-order valence-corrected chi connectivity index (χ2v) is 8.32. The van der Waals surface area contributed by atoms with Gasteiger partial charge in [-0.25, -0.2) is 4.99 Å². The molecule has 206 valence electrons. The Morgan fingerprint density at radius 2 is 1.75 bits per heavy atom. The Morgan fingerprint density at radius 1 is 1.00 bits per heavy atom. The number of hydrogen-bond donors (Lipinski definition) is 7. The molecule has 4 rings (SSSR count). The normalized spacial score (nSPS) is 13.7. The highest BCUT2D eigenvalue weighted by Crippen LogP contribution is 2.40. The van der Waals surface area contributed by atoms with E-state index in [1.54, 1.807) is 18.2 Å². The van der Waals surface area contributed by atoms with E-state index in [2.05, 4.69) is 20.3 Å². The smallest absolute Gasteiger partial charge is 0.328 e. The monoisotopic (exact) mass is 548 g/mol. The van der Waals surface area contributed by atoms with Crippen molar-refractivity contribution in [3.8, 4) is 29.3 Å². The molecule has 16 nitrogen and oxygen atoms in total. The maximum absolute atomic E-state index is 12.7. The maximum Gasteiger partial charge on any atom is 0.328 e. The quantitative estimate of drug-likeness (QED) is 0.134. The van der Waals surface area contributed by atoms with E-state index in [1.165, 1.54) is 24.3 Å². The minimum absolute atomic E-state index is 0.00791. The first-order valence-electron chi connectivity index (χ1n) is 11.5. The van der Waals surface area contributed by atoms with Gasteiger partial charge < -0.3 is 48.2 Å². The maximum atomic E-state index is 12.7. The molecular formula is C24H24N10O6. The van der Waals surface area contributed by atoms with Gasteiger partial charge in [0, 0.05) is 24.5 Å². The van der Waals surface area contributed by atoms with Crippen molar-refractivity contribution < 1.29 is 28.6 Å². The fourth-order valence-corrected chi connectivity index (χ4v) is 3.58. The molecule has 12 N–H and O–H groups in total. The number of benzene rings is 2. The molecule has 1 unspecified atom stereocenters. The van der Waals surface area contributed by atoms with Crippen LogP contribution in [0.5, 0.6) is 29.3 Å². The number of aliphatic imine (C=N–C) groups is 1. The number of amides is 3. The van der Waals surface area contributed by atoms with Gasteiger partial charge >= 0.3 is 6.01 Å². The van der Waals surface area contributed by atoms with Gasteiger partial charge in [0.15, 0.2) is 17.8 Å². The summed E-state index contributed by atoms with van der Waals surface area (Å²) in [6, 6.07) is 10.2. The lowest BCUT2D eigenvalue weighted by molar-refractivity contribution is -0.124. The Kier molecular flexibility index (Phi) is 7.60. The van der Waals surface area contributed by atoms with Crippen LogP contribution in [0.25, 0.3) is 0 Å². The van der Waals surface area contributed by atoms with Gasteiger partial charge in [0.2, 0.25) is 17.7 Å². The lowest BCUT2D eigenvalue weighted by atomic mass is 10.1. The van der Waals surface area contributed by atoms with Crippen molar-refractivity contribution in [2.24, 2.45) is 33.7 Å². The molecule has 2 heterocycles. The summed E-state index contributed by atoms with van der Waals surface area (Å²) >= 11 is 0. The standard InChI is InChI=1S/C24H24N10O6/c25-16(35)7-6-15-20(37)32-17-21(38-12-4-5-13(18(26)27)14(9-12)19(28)36)33-24(34-22(17)40-15)39-11-3-1-2-10(8-11)31-23(29)30/h1-5,8-9,15H,6-7H2,(H2,25,35)(H3,26,27)(H2,28,36)(H,32,37)(H4,29,30,31). The van der Waals surface area contributed by atoms with Crippen LogP contribution in [0, 0.1) is 5.41 Å². The topological polar surface area (TPSA) is 283 Å². The SMILES string of the molecule is N=C(N)c1ccc(Oc2nc(Oc3cccc(N=C(N)N)c3)nc3c2NC(=O)C(CCC(N)=O)O3)cc1C(N)=O. The van der Waals surface area contributed by atoms with Gasteiger partial charge in [-0.2, -0.15) is 9.97 Å². The van der Waals surface area contributed by atoms with Crippen molar-refractivity contribution in [1.29, 1.82) is 5.41 Å². The number of amidine groups is 1. The van der Waals surface area contributed by atoms with Crippen molar-refractivity contribution in [3.63, 3.8) is 0 Å². The van der Waals surface area contributed by atoms with E-state index in [9.17, 15) is 14.4 Å². The predicted octanol–water partition coefficient (Wildman–Crippen LogP) is 0.314. The van der Waals surface area contributed by atoms with Gasteiger partial charge in [-0.15, -0.1) is 0 Å². The van der Waals surface area contributed by atoms with Gasteiger partial charge in [0.1, 0.15) is 17.3 Å². The van der Waals surface area contributed by atoms with Gasteiger partial charge in [0.05, 0.1) is 11.3 Å². The summed E-state index contributed by atoms with van der Waals surface area (Å²) in [5, 5.41) is 10.3. The molecule has 1 aliphatic heterocycles. The lowest BCUT2D eigenvalue weighted by Gasteiger charge is -2.26. The van der Waals surface area contributed by atoms with Crippen molar-refractivity contribution in [2.75, 3.05) is 5.32 Å². The van der Waals surface area contributed by atoms with Crippen LogP contribution in [0.15, 0.2) is 47.5 Å². The van der Waals surface area contributed by atoms with E-state index in [4.69, 9.17) is 48.3 Å². The number of nitrogens with two attached hydrogens (primary N) is 5. The molecule has 1 aromatic heterocycles. The number of rotatable bonds is 10. The van der Waals surface area contributed by atoms with E-state index in [0.717, 1.165) is 0 Å². The van der Waals surface area contributed by atoms with Crippen LogP contribution < -0.4 is 48.2 Å². The first-order valence-corrected chi connectivity index (χ1v) is 11.5. The van der Waals surface area contributed by atoms with Crippen LogP contribution in [-0.4, -0.2) is 45.6 Å². The summed E-state index contributed by atoms with van der Waals surface area (Å²) in [6.07, 6.45) is -1.20. The molecule has 0 spiro atoms. The Hall–Kier alpha value is -5.93. The number of guanidine groups is 1. The first kappa shape index (κ1) is 27.1. The number of hydrogen-bond acceptors (Lipinski definition) is 10. The zero-order valence-electron chi connectivity index (χ0n) is 20.7. The third kappa shape index (κ3) is 6.31. The number of anilines is 1. The summed E-state index contributed by atoms with van der Waals surface area (Å²) < 4.78 is 17.4. The van der Waals surface area contributed by atoms with E-state index in [1.807, 2.05) is 0 Å². The van der Waals surface area contributed by atoms with Crippen LogP contribution in [0.2, 0.25) is 0 Å². The third-order valence-corrected chi connectivity index (χ3v) is 5.32. The summed E-state index contributed by atoms with van der Waals surface area (Å²) in [5.74, 6) is -2.61. The number of primary amides is 2. The molecule has 1 atom stereocenters. The molecule has 0 bridgehead atoms. The number of aromatic nitrogens is 2. The second-order valence-electron chi connectivity index (χ2n) is 8.32. The van der Waals surface area contributed by atoms with Crippen LogP contribution in [0.1, 0.15) is 28.8 Å². The van der Waals surface area contributed by atoms with Gasteiger partial charge in [-0.05, 0) is 30.3 Å². The molecule has 3 amide bonds. The van der Waals surface area contributed by atoms with E-state index in [-0.39, 0.29) is 70.7 Å². The number of carbonyl (C=O) groups is 3. The fourth-order valence-electron chi connectivity index (χ4n) is 3.58. The Morgan fingerprint density at radius 3 is 2.42 bits per heavy atom. The van der Waals surface area contributed by atoms with Crippen molar-refractivity contribution in [3.05, 3.63) is 53.6 Å². The summed E-state index contributed by atoms with van der Waals surface area (Å²) in [6.45, 7) is 0. The van der Waals surface area contributed by atoms with E-state index in [0.29, 0.717) is 5.69 Å². The highest BCUT2D eigenvalue weighted by atomic mass is 16.5. The van der Waals surface area contributed by atoms with Crippen LogP contribution >= 0.6 is 0 Å². The molecule has 16 heteroatoms. The average Bonchev–Trinajstić information content (AvgIpc) is 2.87. The number of nitrogens with one attached hydrogen (secondary N) is 2. The zero-order valence-corrected chi connectivity index (χ0v) is 20.7. The summed E-state index contributed by atoms with van der Waals surface area (Å²) in [4.78, 5) is 48.3. The van der Waals surface area contributed by atoms with Crippen molar-refractivity contribution in [2.45, 2.75) is 18.9 Å². The highest BCUT2D eigenvalue weighted by molar-refractivity contribution is 6.07. The molecule has 0 fully saturated rings. The van der Waals surface area contributed by atoms with Crippen LogP contribution in [0.3, 0.4) is 0 Å². The third-order valence-electron chi connectivity index (χ3n) is 5.32. The number of ether oxygens (including phenoxy) is 3. The zero-order chi connectivity index (χ0) is 29.0. The number of carbonyl (C=O) groups excluding carboxylic acids is 3. The van der Waals surface area contributed by atoms with Gasteiger partial charge in [0.25, 0.3) is 11.8 Å². The molecule has 40 heavy (non-hydrogen) atoms. The van der Waals surface area contributed by atoms with Crippen molar-refractivity contribution in [1.82, 2.24) is 9.97 Å². The fraction of sp³-hybridized carbons (Fsp3) is 0.125. The molecule has 3 aromatic rings. The highest BCUT2D eigenvalue weighted by Gasteiger charge is 2.33. The van der Waals surface area contributed by atoms with Crippen LogP contribution in [0.4, 0.5) is 11.4 Å². The van der Waals surface area contributed by atoms with E-state index < -0.39 is 23.8 Å². The average molecular weight is 549 g/mol. The predicted molar refractivity (Wildman–Crippen MR) is 142 cm³/mol. The Balaban J connectivity index is 1.74. The molecule has 0 saturated heterocycles. The van der Waals surface area contributed by atoms with Crippen molar-refractivity contribution >= 4 is 40.9 Å². The number of nitrogen functional groups attached to an aromatic ring is 1. The first-order chi connectivity index (χ1) is 19.0. The molecule has 2 aromatic carbocycles. The number of nitrogens with zero attached hydrogens (tertiary/aromatic N) is 3. The largest absolute Gasteiger partial charge is 0.462 e. The molecule has 0 aliphatic carbocycles. The van der Waals surface area contributed by atoms with E-state index >= 15 is 0 Å².